The summed E-state index contributed by atoms with van der Waals surface area (Å²) in [5.74, 6) is 7.28. The van der Waals surface area contributed by atoms with Gasteiger partial charge in [0.15, 0.2) is 0 Å². The number of hydrogen-bond donors (Lipinski definition) is 2. The molecule has 80 valence electrons. The topological polar surface area (TPSA) is 53.6 Å². The van der Waals surface area contributed by atoms with E-state index < -0.39 is 0 Å². The van der Waals surface area contributed by atoms with Crippen LogP contribution in [0.1, 0.15) is 32.6 Å². The van der Waals surface area contributed by atoms with Crippen molar-refractivity contribution in [2.24, 2.45) is 16.8 Å². The number of rotatable bonds is 4. The van der Waals surface area contributed by atoms with Crippen molar-refractivity contribution in [1.29, 1.82) is 0 Å². The van der Waals surface area contributed by atoms with Crippen molar-refractivity contribution < 1.29 is 0 Å². The van der Waals surface area contributed by atoms with Gasteiger partial charge in [-0.3, -0.25) is 10.4 Å². The minimum Gasteiger partial charge on any atom is -0.339 e. The van der Waals surface area contributed by atoms with Crippen LogP contribution >= 0.6 is 0 Å². The Morgan fingerprint density at radius 1 is 1.43 bits per heavy atom. The second kappa shape index (κ2) is 4.17. The van der Waals surface area contributed by atoms with E-state index in [1.165, 1.54) is 25.7 Å². The van der Waals surface area contributed by atoms with Crippen LogP contribution in [0.2, 0.25) is 0 Å². The van der Waals surface area contributed by atoms with E-state index >= 15 is 0 Å². The fraction of sp³-hybridized carbons (Fsp3) is 0.900. The molecule has 0 aromatic rings. The molecule has 0 amide bonds. The summed E-state index contributed by atoms with van der Waals surface area (Å²) < 4.78 is 0. The van der Waals surface area contributed by atoms with Gasteiger partial charge in [0.1, 0.15) is 0 Å². The van der Waals surface area contributed by atoms with Crippen LogP contribution in [-0.2, 0) is 0 Å². The second-order valence-corrected chi connectivity index (χ2v) is 4.27. The summed E-state index contributed by atoms with van der Waals surface area (Å²) in [6.07, 6.45) is 5.37. The average Bonchev–Trinajstić information content (AvgIpc) is 3.03. The zero-order valence-corrected chi connectivity index (χ0v) is 8.87. The first-order chi connectivity index (χ1) is 6.85. The van der Waals surface area contributed by atoms with Crippen molar-refractivity contribution in [2.75, 3.05) is 13.1 Å². The predicted octanol–water partition coefficient (Wildman–Crippen LogP) is 0.700. The van der Waals surface area contributed by atoms with Crippen molar-refractivity contribution in [3.8, 4) is 0 Å². The zero-order valence-electron chi connectivity index (χ0n) is 8.87. The molecule has 0 atom stereocenters. The zero-order chi connectivity index (χ0) is 9.97. The quantitative estimate of drug-likeness (QED) is 0.301. The van der Waals surface area contributed by atoms with Crippen molar-refractivity contribution in [3.63, 3.8) is 0 Å². The molecule has 0 bridgehead atoms. The lowest BCUT2D eigenvalue weighted by molar-refractivity contribution is 0.376. The van der Waals surface area contributed by atoms with Gasteiger partial charge in [-0.05, 0) is 38.5 Å². The molecule has 0 unspecified atom stereocenters. The van der Waals surface area contributed by atoms with Crippen LogP contribution < -0.4 is 11.3 Å². The fourth-order valence-electron chi connectivity index (χ4n) is 1.74. The maximum absolute atomic E-state index is 5.50. The normalized spacial score (nSPS) is 22.3. The van der Waals surface area contributed by atoms with Gasteiger partial charge in [0.05, 0.1) is 0 Å². The van der Waals surface area contributed by atoms with Crippen LogP contribution in [0.4, 0.5) is 0 Å². The van der Waals surface area contributed by atoms with Gasteiger partial charge < -0.3 is 4.90 Å². The predicted molar refractivity (Wildman–Crippen MR) is 57.8 cm³/mol. The van der Waals surface area contributed by atoms with Gasteiger partial charge in [-0.2, -0.15) is 0 Å². The number of guanidine groups is 1. The number of nitrogens with two attached hydrogens (primary N) is 1. The molecule has 0 radical (unpaired) electrons. The lowest BCUT2D eigenvalue weighted by Crippen LogP contribution is -2.47. The molecule has 2 saturated carbocycles. The number of hydrazine groups is 1. The Kier molecular flexibility index (Phi) is 2.91. The number of aliphatic imine (C=N–C) groups is 1. The highest BCUT2D eigenvalue weighted by molar-refractivity contribution is 5.80. The van der Waals surface area contributed by atoms with Crippen LogP contribution in [0.3, 0.4) is 0 Å². The highest BCUT2D eigenvalue weighted by Gasteiger charge is 2.35. The average molecular weight is 196 g/mol. The molecule has 2 rings (SSSR count). The molecule has 3 N–H and O–H groups in total. The van der Waals surface area contributed by atoms with Crippen molar-refractivity contribution in [2.45, 2.75) is 38.6 Å². The molecule has 0 saturated heterocycles. The number of nitrogens with zero attached hydrogens (tertiary/aromatic N) is 2. The van der Waals surface area contributed by atoms with Gasteiger partial charge in [-0.25, -0.2) is 5.84 Å². The van der Waals surface area contributed by atoms with E-state index in [-0.39, 0.29) is 0 Å². The molecule has 0 aliphatic heterocycles. The van der Waals surface area contributed by atoms with E-state index in [1.807, 2.05) is 6.92 Å². The van der Waals surface area contributed by atoms with Crippen LogP contribution in [0.5, 0.6) is 0 Å². The third-order valence-corrected chi connectivity index (χ3v) is 2.85. The summed E-state index contributed by atoms with van der Waals surface area (Å²) in [5.41, 5.74) is 2.73. The summed E-state index contributed by atoms with van der Waals surface area (Å²) in [4.78, 5) is 6.75. The fourth-order valence-corrected chi connectivity index (χ4v) is 1.74. The summed E-state index contributed by atoms with van der Waals surface area (Å²) >= 11 is 0. The molecule has 0 spiro atoms. The molecule has 0 heterocycles. The highest BCUT2D eigenvalue weighted by Crippen LogP contribution is 2.34. The summed E-state index contributed by atoms with van der Waals surface area (Å²) in [6.45, 7) is 3.99. The highest BCUT2D eigenvalue weighted by atomic mass is 15.4. The van der Waals surface area contributed by atoms with E-state index in [0.29, 0.717) is 6.04 Å². The Morgan fingerprint density at radius 3 is 2.57 bits per heavy atom. The second-order valence-electron chi connectivity index (χ2n) is 4.27. The lowest BCUT2D eigenvalue weighted by Gasteiger charge is -2.25. The van der Waals surface area contributed by atoms with Crippen LogP contribution in [-0.4, -0.2) is 30.0 Å². The number of hydrogen-bond acceptors (Lipinski definition) is 2. The Labute approximate surface area is 85.5 Å². The van der Waals surface area contributed by atoms with Gasteiger partial charge in [0.25, 0.3) is 0 Å². The van der Waals surface area contributed by atoms with Gasteiger partial charge in [-0.1, -0.05) is 0 Å². The van der Waals surface area contributed by atoms with E-state index in [9.17, 15) is 0 Å². The number of nitrogens with one attached hydrogen (secondary N) is 1. The van der Waals surface area contributed by atoms with Crippen molar-refractivity contribution in [1.82, 2.24) is 10.3 Å². The molecule has 0 aromatic heterocycles. The van der Waals surface area contributed by atoms with Gasteiger partial charge in [0.2, 0.25) is 5.96 Å². The Hall–Kier alpha value is -0.770. The summed E-state index contributed by atoms with van der Waals surface area (Å²) in [6, 6.07) is 0.706. The van der Waals surface area contributed by atoms with Crippen LogP contribution in [0.25, 0.3) is 0 Å². The summed E-state index contributed by atoms with van der Waals surface area (Å²) in [5, 5.41) is 0. The monoisotopic (exact) mass is 196 g/mol. The maximum atomic E-state index is 5.50. The summed E-state index contributed by atoms with van der Waals surface area (Å²) in [7, 11) is 0. The molecular weight excluding hydrogens is 176 g/mol. The Bertz CT molecular complexity index is 218. The van der Waals surface area contributed by atoms with Gasteiger partial charge in [0, 0.05) is 19.1 Å². The van der Waals surface area contributed by atoms with E-state index in [0.717, 1.165) is 25.0 Å². The third kappa shape index (κ3) is 2.38. The van der Waals surface area contributed by atoms with Crippen molar-refractivity contribution in [3.05, 3.63) is 0 Å². The van der Waals surface area contributed by atoms with Crippen LogP contribution in [0.15, 0.2) is 4.99 Å². The first-order valence-corrected chi connectivity index (χ1v) is 5.62. The van der Waals surface area contributed by atoms with Gasteiger partial charge in [-0.15, -0.1) is 0 Å². The third-order valence-electron chi connectivity index (χ3n) is 2.85. The largest absolute Gasteiger partial charge is 0.339 e. The van der Waals surface area contributed by atoms with E-state index in [2.05, 4.69) is 15.3 Å². The molecule has 0 aromatic carbocycles. The molecule has 2 aliphatic rings. The molecule has 2 aliphatic carbocycles. The molecule has 2 fully saturated rings. The minimum atomic E-state index is 0.706. The smallest absolute Gasteiger partial charge is 0.208 e. The van der Waals surface area contributed by atoms with Crippen LogP contribution in [0, 0.1) is 5.92 Å². The minimum absolute atomic E-state index is 0.706. The molecule has 4 heteroatoms. The first-order valence-electron chi connectivity index (χ1n) is 5.62. The molecule has 14 heavy (non-hydrogen) atoms. The van der Waals surface area contributed by atoms with Crippen molar-refractivity contribution >= 4 is 5.96 Å². The standard InChI is InChI=1S/C10H20N4/c1-2-12-10(13-11)14(9-5-6-9)7-8-3-4-8/h8-9H,2-7,11H2,1H3,(H,12,13). The van der Waals surface area contributed by atoms with Gasteiger partial charge >= 0.3 is 0 Å². The Balaban J connectivity index is 1.95. The lowest BCUT2D eigenvalue weighted by atomic mass is 10.3. The SMILES string of the molecule is CCN=C(NN)N(CC1CC1)C1CC1. The molecular formula is C10H20N4. The molecule has 4 nitrogen and oxygen atoms in total. The Morgan fingerprint density at radius 2 is 2.14 bits per heavy atom. The maximum Gasteiger partial charge on any atom is 0.208 e. The first kappa shape index (κ1) is 9.77. The van der Waals surface area contributed by atoms with E-state index in [4.69, 9.17) is 5.84 Å². The van der Waals surface area contributed by atoms with E-state index in [1.54, 1.807) is 0 Å².